The summed E-state index contributed by atoms with van der Waals surface area (Å²) < 4.78 is 5.93. The van der Waals surface area contributed by atoms with E-state index in [0.717, 1.165) is 4.47 Å². The van der Waals surface area contributed by atoms with Crippen LogP contribution < -0.4 is 0 Å². The zero-order valence-corrected chi connectivity index (χ0v) is 8.90. The average Bonchev–Trinajstić information content (AvgIpc) is 2.79. The fraction of sp³-hybridized carbons (Fsp3) is 0.300. The number of carbonyl (C=O) groups excluding carboxylic acids is 1. The lowest BCUT2D eigenvalue weighted by Crippen LogP contribution is -2.07. The molecule has 2 aliphatic heterocycles. The normalized spacial score (nSPS) is 28.6. The van der Waals surface area contributed by atoms with Crippen molar-refractivity contribution < 1.29 is 9.53 Å². The lowest BCUT2D eigenvalue weighted by atomic mass is 10.1. The number of halogens is 1. The first-order valence-electron chi connectivity index (χ1n) is 4.48. The van der Waals surface area contributed by atoms with Crippen LogP contribution in [-0.4, -0.2) is 23.6 Å². The molecule has 14 heavy (non-hydrogen) atoms. The molecule has 2 saturated heterocycles. The van der Waals surface area contributed by atoms with Gasteiger partial charge in [0.05, 0.1) is 12.1 Å². The van der Waals surface area contributed by atoms with Gasteiger partial charge in [-0.2, -0.15) is 0 Å². The number of fused-ring (bicyclic) bond motifs is 1. The van der Waals surface area contributed by atoms with E-state index in [1.54, 1.807) is 4.90 Å². The molecule has 0 radical (unpaired) electrons. The first kappa shape index (κ1) is 8.29. The molecule has 72 valence electrons. The predicted molar refractivity (Wildman–Crippen MR) is 53.9 cm³/mol. The molecule has 2 heterocycles. The first-order valence-corrected chi connectivity index (χ1v) is 5.27. The number of nitrogens with zero attached hydrogens (tertiary/aromatic N) is 1. The van der Waals surface area contributed by atoms with E-state index in [0.29, 0.717) is 6.61 Å². The Morgan fingerprint density at radius 3 is 2.64 bits per heavy atom. The zero-order valence-electron chi connectivity index (χ0n) is 7.31. The van der Waals surface area contributed by atoms with E-state index in [-0.39, 0.29) is 18.2 Å². The molecule has 1 aromatic rings. The van der Waals surface area contributed by atoms with Crippen molar-refractivity contribution in [2.45, 2.75) is 12.1 Å². The molecular formula is C10H8BrNO2. The molecule has 1 amide bonds. The first-order chi connectivity index (χ1) is 6.77. The van der Waals surface area contributed by atoms with Gasteiger partial charge in [0.1, 0.15) is 6.61 Å². The van der Waals surface area contributed by atoms with Crippen LogP contribution in [0.1, 0.15) is 11.6 Å². The molecule has 0 saturated carbocycles. The number of cyclic esters (lactones) is 1. The maximum atomic E-state index is 11.2. The monoisotopic (exact) mass is 253 g/mol. The number of hydrogen-bond acceptors (Lipinski definition) is 2. The lowest BCUT2D eigenvalue weighted by Gasteiger charge is -2.03. The maximum absolute atomic E-state index is 11.2. The van der Waals surface area contributed by atoms with Crippen LogP contribution in [0.5, 0.6) is 0 Å². The topological polar surface area (TPSA) is 29.3 Å². The highest BCUT2D eigenvalue weighted by Crippen LogP contribution is 2.47. The minimum absolute atomic E-state index is 0.178. The van der Waals surface area contributed by atoms with Crippen molar-refractivity contribution >= 4 is 22.0 Å². The summed E-state index contributed by atoms with van der Waals surface area (Å²) in [6.45, 7) is 0.541. The summed E-state index contributed by atoms with van der Waals surface area (Å²) in [5.41, 5.74) is 1.19. The highest BCUT2D eigenvalue weighted by molar-refractivity contribution is 9.10. The van der Waals surface area contributed by atoms with Crippen molar-refractivity contribution in [1.82, 2.24) is 4.90 Å². The van der Waals surface area contributed by atoms with Crippen LogP contribution in [0.2, 0.25) is 0 Å². The third-order valence-corrected chi connectivity index (χ3v) is 3.26. The summed E-state index contributed by atoms with van der Waals surface area (Å²) in [5.74, 6) is 0. The Morgan fingerprint density at radius 2 is 2.07 bits per heavy atom. The van der Waals surface area contributed by atoms with Gasteiger partial charge in [0.15, 0.2) is 0 Å². The van der Waals surface area contributed by atoms with E-state index in [1.165, 1.54) is 5.56 Å². The van der Waals surface area contributed by atoms with Gasteiger partial charge in [-0.1, -0.05) is 28.1 Å². The summed E-state index contributed by atoms with van der Waals surface area (Å²) in [5, 5.41) is 0. The van der Waals surface area contributed by atoms with Crippen molar-refractivity contribution in [2.75, 3.05) is 6.61 Å². The Hall–Kier alpha value is -1.03. The average molecular weight is 254 g/mol. The van der Waals surface area contributed by atoms with Crippen LogP contribution in [0.25, 0.3) is 0 Å². The van der Waals surface area contributed by atoms with Gasteiger partial charge in [-0.05, 0) is 17.7 Å². The Morgan fingerprint density at radius 1 is 1.36 bits per heavy atom. The number of carbonyl (C=O) groups is 1. The van der Waals surface area contributed by atoms with Gasteiger partial charge in [0.2, 0.25) is 0 Å². The van der Waals surface area contributed by atoms with Crippen LogP contribution in [0.15, 0.2) is 28.7 Å². The zero-order chi connectivity index (χ0) is 9.71. The number of amides is 1. The smallest absolute Gasteiger partial charge is 0.410 e. The van der Waals surface area contributed by atoms with Crippen LogP contribution >= 0.6 is 15.9 Å². The molecule has 4 heteroatoms. The second kappa shape index (κ2) is 2.73. The fourth-order valence-electron chi connectivity index (χ4n) is 1.97. The van der Waals surface area contributed by atoms with Gasteiger partial charge < -0.3 is 4.74 Å². The van der Waals surface area contributed by atoms with Crippen LogP contribution in [0.3, 0.4) is 0 Å². The molecule has 1 aromatic carbocycles. The Kier molecular flexibility index (Phi) is 1.62. The largest absolute Gasteiger partial charge is 0.447 e. The fourth-order valence-corrected chi connectivity index (χ4v) is 2.24. The third kappa shape index (κ3) is 1.07. The molecular weight excluding hydrogens is 246 g/mol. The van der Waals surface area contributed by atoms with E-state index < -0.39 is 0 Å². The van der Waals surface area contributed by atoms with Crippen LogP contribution in [0.4, 0.5) is 4.79 Å². The van der Waals surface area contributed by atoms with E-state index in [9.17, 15) is 4.79 Å². The lowest BCUT2D eigenvalue weighted by molar-refractivity contribution is 0.155. The number of benzene rings is 1. The second-order valence-corrected chi connectivity index (χ2v) is 4.46. The summed E-state index contributed by atoms with van der Waals surface area (Å²) in [4.78, 5) is 12.9. The van der Waals surface area contributed by atoms with Crippen molar-refractivity contribution in [1.29, 1.82) is 0 Å². The SMILES string of the molecule is O=C1OC[C@@H]2[C@@H](c3ccc(Br)cc3)N12. The summed E-state index contributed by atoms with van der Waals surface area (Å²) in [7, 11) is 0. The van der Waals surface area contributed by atoms with Crippen molar-refractivity contribution in [2.24, 2.45) is 0 Å². The summed E-state index contributed by atoms with van der Waals surface area (Å²) in [6, 6.07) is 8.61. The number of hydrogen-bond donors (Lipinski definition) is 0. The molecule has 0 bridgehead atoms. The van der Waals surface area contributed by atoms with Gasteiger partial charge in [0, 0.05) is 4.47 Å². The van der Waals surface area contributed by atoms with E-state index in [1.807, 2.05) is 24.3 Å². The molecule has 2 fully saturated rings. The summed E-state index contributed by atoms with van der Waals surface area (Å²) >= 11 is 3.38. The quantitative estimate of drug-likeness (QED) is 0.720. The highest BCUT2D eigenvalue weighted by Gasteiger charge is 2.57. The van der Waals surface area contributed by atoms with Gasteiger partial charge >= 0.3 is 6.09 Å². The Balaban J connectivity index is 1.86. The van der Waals surface area contributed by atoms with Gasteiger partial charge in [-0.15, -0.1) is 0 Å². The van der Waals surface area contributed by atoms with Crippen LogP contribution in [0, 0.1) is 0 Å². The highest BCUT2D eigenvalue weighted by atomic mass is 79.9. The minimum Gasteiger partial charge on any atom is -0.447 e. The molecule has 0 spiro atoms. The predicted octanol–water partition coefficient (Wildman–Crippen LogP) is 2.32. The summed E-state index contributed by atoms with van der Waals surface area (Å²) in [6.07, 6.45) is -0.178. The molecule has 0 aliphatic carbocycles. The molecule has 0 unspecified atom stereocenters. The van der Waals surface area contributed by atoms with Crippen molar-refractivity contribution in [3.8, 4) is 0 Å². The van der Waals surface area contributed by atoms with Crippen molar-refractivity contribution in [3.05, 3.63) is 34.3 Å². The van der Waals surface area contributed by atoms with Crippen molar-refractivity contribution in [3.63, 3.8) is 0 Å². The maximum Gasteiger partial charge on any atom is 0.410 e. The molecule has 3 rings (SSSR count). The Labute approximate surface area is 89.8 Å². The van der Waals surface area contributed by atoms with E-state index in [2.05, 4.69) is 15.9 Å². The molecule has 3 nitrogen and oxygen atoms in total. The Bertz CT molecular complexity index is 390. The number of ether oxygens (including phenoxy) is 1. The molecule has 2 atom stereocenters. The van der Waals surface area contributed by atoms with Gasteiger partial charge in [-0.25, -0.2) is 4.79 Å². The van der Waals surface area contributed by atoms with E-state index >= 15 is 0 Å². The van der Waals surface area contributed by atoms with Gasteiger partial charge in [0.25, 0.3) is 0 Å². The standard InChI is InChI=1S/C10H8BrNO2/c11-7-3-1-6(2-4-7)9-8-5-14-10(13)12(8)9/h1-4,8-9H,5H2/t8-,9-,12?/m1/s1. The molecule has 2 aliphatic rings. The van der Waals surface area contributed by atoms with Gasteiger partial charge in [-0.3, -0.25) is 4.90 Å². The second-order valence-electron chi connectivity index (χ2n) is 3.55. The third-order valence-electron chi connectivity index (χ3n) is 2.73. The van der Waals surface area contributed by atoms with Crippen LogP contribution in [-0.2, 0) is 4.74 Å². The minimum atomic E-state index is -0.178. The number of rotatable bonds is 1. The molecule has 0 aromatic heterocycles. The molecule has 0 N–H and O–H groups in total. The van der Waals surface area contributed by atoms with E-state index in [4.69, 9.17) is 4.74 Å².